The van der Waals surface area contributed by atoms with Crippen LogP contribution in [0.3, 0.4) is 0 Å². The maximum Gasteiger partial charge on any atom is 0.146 e. The Hall–Kier alpha value is -1.09. The van der Waals surface area contributed by atoms with E-state index in [1.54, 1.807) is 19.1 Å². The van der Waals surface area contributed by atoms with E-state index in [2.05, 4.69) is 0 Å². The minimum absolute atomic E-state index is 0.249. The van der Waals surface area contributed by atoms with Crippen LogP contribution in [0, 0.1) is 11.7 Å². The lowest BCUT2D eigenvalue weighted by atomic mass is 10.1. The molecule has 1 atom stereocenters. The summed E-state index contributed by atoms with van der Waals surface area (Å²) in [6.45, 7) is 2.56. The Balaban J connectivity index is 2.14. The smallest absolute Gasteiger partial charge is 0.146 e. The molecular formula is C13H18FNO. The molecule has 16 heavy (non-hydrogen) atoms. The SMILES string of the molecule is CC(O)c1ccc(N(C)CC2CC2)c(F)c1. The van der Waals surface area contributed by atoms with E-state index in [-0.39, 0.29) is 5.82 Å². The van der Waals surface area contributed by atoms with Crippen molar-refractivity contribution >= 4 is 5.69 Å². The predicted molar refractivity (Wildman–Crippen MR) is 63.0 cm³/mol. The number of rotatable bonds is 4. The Morgan fingerprint density at radius 1 is 1.50 bits per heavy atom. The zero-order valence-corrected chi connectivity index (χ0v) is 9.78. The average molecular weight is 223 g/mol. The first-order valence-electron chi connectivity index (χ1n) is 5.76. The van der Waals surface area contributed by atoms with Crippen LogP contribution in [0.1, 0.15) is 31.4 Å². The van der Waals surface area contributed by atoms with Crippen LogP contribution in [0.15, 0.2) is 18.2 Å². The fourth-order valence-corrected chi connectivity index (χ4v) is 1.88. The second-order valence-corrected chi connectivity index (χ2v) is 4.71. The zero-order valence-electron chi connectivity index (χ0n) is 9.78. The summed E-state index contributed by atoms with van der Waals surface area (Å²) >= 11 is 0. The second kappa shape index (κ2) is 4.42. The maximum atomic E-state index is 13.8. The van der Waals surface area contributed by atoms with Crippen LogP contribution in [-0.2, 0) is 0 Å². The highest BCUT2D eigenvalue weighted by molar-refractivity contribution is 5.49. The van der Waals surface area contributed by atoms with Gasteiger partial charge in [-0.1, -0.05) is 6.07 Å². The molecule has 1 aromatic rings. The van der Waals surface area contributed by atoms with E-state index in [9.17, 15) is 9.50 Å². The largest absolute Gasteiger partial charge is 0.389 e. The van der Waals surface area contributed by atoms with Gasteiger partial charge in [-0.25, -0.2) is 4.39 Å². The van der Waals surface area contributed by atoms with Gasteiger partial charge in [-0.15, -0.1) is 0 Å². The van der Waals surface area contributed by atoms with Crippen LogP contribution in [0.4, 0.5) is 10.1 Å². The molecule has 1 aromatic carbocycles. The molecule has 1 aliphatic rings. The molecule has 1 unspecified atom stereocenters. The molecule has 0 heterocycles. The first-order chi connectivity index (χ1) is 7.58. The lowest BCUT2D eigenvalue weighted by Gasteiger charge is -2.20. The maximum absolute atomic E-state index is 13.8. The summed E-state index contributed by atoms with van der Waals surface area (Å²) in [4.78, 5) is 1.96. The van der Waals surface area contributed by atoms with Gasteiger partial charge in [-0.05, 0) is 43.4 Å². The zero-order chi connectivity index (χ0) is 11.7. The van der Waals surface area contributed by atoms with Crippen LogP contribution in [0.5, 0.6) is 0 Å². The summed E-state index contributed by atoms with van der Waals surface area (Å²) < 4.78 is 13.8. The highest BCUT2D eigenvalue weighted by Gasteiger charge is 2.23. The second-order valence-electron chi connectivity index (χ2n) is 4.71. The summed E-state index contributed by atoms with van der Waals surface area (Å²) in [7, 11) is 1.92. The number of benzene rings is 1. The Morgan fingerprint density at radius 3 is 2.69 bits per heavy atom. The molecule has 1 saturated carbocycles. The number of halogens is 1. The Bertz CT molecular complexity index is 374. The topological polar surface area (TPSA) is 23.5 Å². The fourth-order valence-electron chi connectivity index (χ4n) is 1.88. The molecule has 2 rings (SSSR count). The van der Waals surface area contributed by atoms with Crippen molar-refractivity contribution in [2.45, 2.75) is 25.9 Å². The quantitative estimate of drug-likeness (QED) is 0.848. The summed E-state index contributed by atoms with van der Waals surface area (Å²) in [5, 5.41) is 9.35. The molecule has 0 spiro atoms. The van der Waals surface area contributed by atoms with E-state index in [1.165, 1.54) is 18.9 Å². The molecule has 88 valence electrons. The third-order valence-corrected chi connectivity index (χ3v) is 3.09. The standard InChI is InChI=1S/C13H18FNO/c1-9(16)11-5-6-13(12(14)7-11)15(2)8-10-3-4-10/h5-7,9-10,16H,3-4,8H2,1-2H3. The van der Waals surface area contributed by atoms with Crippen molar-refractivity contribution in [1.82, 2.24) is 0 Å². The van der Waals surface area contributed by atoms with Crippen molar-refractivity contribution in [1.29, 1.82) is 0 Å². The van der Waals surface area contributed by atoms with Crippen molar-refractivity contribution in [2.75, 3.05) is 18.5 Å². The molecule has 0 aliphatic heterocycles. The lowest BCUT2D eigenvalue weighted by Crippen LogP contribution is -2.21. The van der Waals surface area contributed by atoms with Crippen LogP contribution in [-0.4, -0.2) is 18.7 Å². The fraction of sp³-hybridized carbons (Fsp3) is 0.538. The average Bonchev–Trinajstić information content (AvgIpc) is 3.01. The molecule has 1 N–H and O–H groups in total. The van der Waals surface area contributed by atoms with Crippen LogP contribution in [0.25, 0.3) is 0 Å². The molecule has 0 saturated heterocycles. The van der Waals surface area contributed by atoms with Gasteiger partial charge in [0.1, 0.15) is 5.82 Å². The van der Waals surface area contributed by atoms with E-state index >= 15 is 0 Å². The highest BCUT2D eigenvalue weighted by atomic mass is 19.1. The van der Waals surface area contributed by atoms with Crippen molar-refractivity contribution in [3.8, 4) is 0 Å². The monoisotopic (exact) mass is 223 g/mol. The molecule has 0 amide bonds. The number of hydrogen-bond acceptors (Lipinski definition) is 2. The summed E-state index contributed by atoms with van der Waals surface area (Å²) in [5.41, 5.74) is 1.25. The Kier molecular flexibility index (Phi) is 3.15. The van der Waals surface area contributed by atoms with E-state index in [1.807, 2.05) is 11.9 Å². The van der Waals surface area contributed by atoms with Crippen molar-refractivity contribution in [2.24, 2.45) is 5.92 Å². The number of aliphatic hydroxyl groups is 1. The van der Waals surface area contributed by atoms with Gasteiger partial charge < -0.3 is 10.0 Å². The van der Waals surface area contributed by atoms with Crippen molar-refractivity contribution in [3.05, 3.63) is 29.6 Å². The first kappa shape index (κ1) is 11.4. The van der Waals surface area contributed by atoms with E-state index < -0.39 is 6.10 Å². The van der Waals surface area contributed by atoms with Gasteiger partial charge in [-0.2, -0.15) is 0 Å². The number of hydrogen-bond donors (Lipinski definition) is 1. The van der Waals surface area contributed by atoms with Crippen LogP contribution < -0.4 is 4.90 Å². The summed E-state index contributed by atoms with van der Waals surface area (Å²) in [6.07, 6.45) is 1.91. The minimum Gasteiger partial charge on any atom is -0.389 e. The van der Waals surface area contributed by atoms with E-state index in [4.69, 9.17) is 0 Å². The van der Waals surface area contributed by atoms with Crippen LogP contribution in [0.2, 0.25) is 0 Å². The molecule has 0 radical (unpaired) electrons. The lowest BCUT2D eigenvalue weighted by molar-refractivity contribution is 0.199. The molecule has 2 nitrogen and oxygen atoms in total. The Morgan fingerprint density at radius 2 is 2.19 bits per heavy atom. The number of aliphatic hydroxyl groups excluding tert-OH is 1. The van der Waals surface area contributed by atoms with Gasteiger partial charge in [0.25, 0.3) is 0 Å². The summed E-state index contributed by atoms with van der Waals surface area (Å²) in [6, 6.07) is 4.95. The van der Waals surface area contributed by atoms with Gasteiger partial charge in [0.15, 0.2) is 0 Å². The third-order valence-electron chi connectivity index (χ3n) is 3.09. The van der Waals surface area contributed by atoms with Crippen molar-refractivity contribution < 1.29 is 9.50 Å². The van der Waals surface area contributed by atoms with Gasteiger partial charge in [0, 0.05) is 13.6 Å². The van der Waals surface area contributed by atoms with Gasteiger partial charge >= 0.3 is 0 Å². The molecule has 0 bridgehead atoms. The molecule has 3 heteroatoms. The van der Waals surface area contributed by atoms with Gasteiger partial charge in [0.05, 0.1) is 11.8 Å². The van der Waals surface area contributed by atoms with E-state index in [0.717, 1.165) is 12.5 Å². The van der Waals surface area contributed by atoms with E-state index in [0.29, 0.717) is 11.3 Å². The highest BCUT2D eigenvalue weighted by Crippen LogP contribution is 2.32. The molecule has 1 fully saturated rings. The predicted octanol–water partition coefficient (Wildman–Crippen LogP) is 2.73. The number of nitrogens with zero attached hydrogens (tertiary/aromatic N) is 1. The third kappa shape index (κ3) is 2.53. The van der Waals surface area contributed by atoms with Crippen molar-refractivity contribution in [3.63, 3.8) is 0 Å². The molecule has 0 aromatic heterocycles. The normalized spacial score (nSPS) is 17.2. The van der Waals surface area contributed by atoms with Gasteiger partial charge in [-0.3, -0.25) is 0 Å². The van der Waals surface area contributed by atoms with Crippen LogP contribution >= 0.6 is 0 Å². The molecule has 1 aliphatic carbocycles. The summed E-state index contributed by atoms with van der Waals surface area (Å²) in [5.74, 6) is 0.488. The van der Waals surface area contributed by atoms with Gasteiger partial charge in [0.2, 0.25) is 0 Å². The Labute approximate surface area is 95.7 Å². The first-order valence-corrected chi connectivity index (χ1v) is 5.76. The minimum atomic E-state index is -0.614. The molecular weight excluding hydrogens is 205 g/mol. The number of anilines is 1.